The predicted molar refractivity (Wildman–Crippen MR) is 89.7 cm³/mol. The zero-order chi connectivity index (χ0) is 20.7. The van der Waals surface area contributed by atoms with Gasteiger partial charge in [-0.25, -0.2) is 4.99 Å². The summed E-state index contributed by atoms with van der Waals surface area (Å²) in [6.07, 6.45) is -7.12. The van der Waals surface area contributed by atoms with Crippen LogP contribution in [0.3, 0.4) is 0 Å². The molecule has 1 aliphatic carbocycles. The fourth-order valence-corrected chi connectivity index (χ4v) is 3.60. The van der Waals surface area contributed by atoms with Crippen LogP contribution in [-0.2, 0) is 6.18 Å². The highest BCUT2D eigenvalue weighted by molar-refractivity contribution is 6.06. The van der Waals surface area contributed by atoms with Crippen molar-refractivity contribution in [1.82, 2.24) is 0 Å². The van der Waals surface area contributed by atoms with E-state index in [4.69, 9.17) is 11.5 Å². The molecule has 154 valence electrons. The Labute approximate surface area is 155 Å². The van der Waals surface area contributed by atoms with Crippen LogP contribution in [0.25, 0.3) is 0 Å². The first-order valence-corrected chi connectivity index (χ1v) is 8.38. The fourth-order valence-electron chi connectivity index (χ4n) is 3.60. The van der Waals surface area contributed by atoms with E-state index in [1.54, 1.807) is 0 Å². The van der Waals surface area contributed by atoms with Crippen LogP contribution in [0.4, 0.5) is 32.0 Å². The van der Waals surface area contributed by atoms with E-state index in [-0.39, 0.29) is 18.0 Å². The van der Waals surface area contributed by atoms with Crippen LogP contribution in [-0.4, -0.2) is 23.9 Å². The van der Waals surface area contributed by atoms with Crippen molar-refractivity contribution in [2.75, 3.05) is 4.90 Å². The van der Waals surface area contributed by atoms with Crippen molar-refractivity contribution >= 4 is 17.6 Å². The average molecular weight is 409 g/mol. The number of alkyl halides is 6. The van der Waals surface area contributed by atoms with Crippen LogP contribution >= 0.6 is 0 Å². The Balaban J connectivity index is 2.14. The molecule has 0 unspecified atom stereocenters. The van der Waals surface area contributed by atoms with Gasteiger partial charge in [0.25, 0.3) is 0 Å². The largest absolute Gasteiger partial charge is 0.573 e. The Kier molecular flexibility index (Phi) is 4.84. The molecule has 1 spiro atoms. The number of nitrogens with zero attached hydrogens (tertiary/aromatic N) is 3. The number of ether oxygens (including phenoxy) is 1. The minimum atomic E-state index is -5.13. The van der Waals surface area contributed by atoms with Crippen molar-refractivity contribution in [3.05, 3.63) is 23.8 Å². The Morgan fingerprint density at radius 3 is 2.21 bits per heavy atom. The zero-order valence-corrected chi connectivity index (χ0v) is 14.4. The van der Waals surface area contributed by atoms with Crippen LogP contribution in [0.5, 0.6) is 5.75 Å². The molecule has 1 heterocycles. The van der Waals surface area contributed by atoms with E-state index >= 15 is 0 Å². The zero-order valence-electron chi connectivity index (χ0n) is 14.4. The fraction of sp³-hybridized carbons (Fsp3) is 0.500. The van der Waals surface area contributed by atoms with Gasteiger partial charge in [-0.15, -0.1) is 13.2 Å². The number of hydrogen-bond acceptors (Lipinski definition) is 6. The van der Waals surface area contributed by atoms with Gasteiger partial charge < -0.3 is 16.2 Å². The van der Waals surface area contributed by atoms with E-state index in [0.717, 1.165) is 23.5 Å². The van der Waals surface area contributed by atoms with Gasteiger partial charge in [-0.1, -0.05) is 6.42 Å². The molecule has 6 nitrogen and oxygen atoms in total. The van der Waals surface area contributed by atoms with Crippen LogP contribution in [0.2, 0.25) is 0 Å². The highest BCUT2D eigenvalue weighted by atomic mass is 19.4. The summed E-state index contributed by atoms with van der Waals surface area (Å²) in [6, 6.07) is 1.96. The molecular formula is C16H17F6N5O. The average Bonchev–Trinajstić information content (AvgIpc) is 2.53. The molecule has 1 aromatic carbocycles. The number of rotatable bonds is 2. The molecule has 0 radical (unpaired) electrons. The smallest absolute Gasteiger partial charge is 0.406 e. The molecule has 0 aromatic heterocycles. The summed E-state index contributed by atoms with van der Waals surface area (Å²) in [6.45, 7) is 0. The Hall–Kier alpha value is -2.66. The van der Waals surface area contributed by atoms with Gasteiger partial charge in [0.2, 0.25) is 11.9 Å². The molecule has 1 aromatic rings. The van der Waals surface area contributed by atoms with Gasteiger partial charge in [-0.05, 0) is 43.9 Å². The van der Waals surface area contributed by atoms with Gasteiger partial charge in [-0.2, -0.15) is 18.2 Å². The number of hydrogen-bond donors (Lipinski definition) is 2. The molecule has 1 saturated carbocycles. The van der Waals surface area contributed by atoms with Crippen molar-refractivity contribution in [3.8, 4) is 5.75 Å². The van der Waals surface area contributed by atoms with Crippen LogP contribution in [0.15, 0.2) is 28.2 Å². The van der Waals surface area contributed by atoms with Crippen molar-refractivity contribution in [1.29, 1.82) is 0 Å². The quantitative estimate of drug-likeness (QED) is 0.729. The van der Waals surface area contributed by atoms with Gasteiger partial charge in [0.1, 0.15) is 11.4 Å². The molecule has 3 rings (SSSR count). The maximum absolute atomic E-state index is 13.7. The number of guanidine groups is 2. The van der Waals surface area contributed by atoms with E-state index in [9.17, 15) is 26.3 Å². The predicted octanol–water partition coefficient (Wildman–Crippen LogP) is 3.71. The molecule has 0 bridgehead atoms. The number of benzene rings is 1. The van der Waals surface area contributed by atoms with Gasteiger partial charge in [0.05, 0.1) is 11.3 Å². The summed E-state index contributed by atoms with van der Waals surface area (Å²) >= 11 is 0. The van der Waals surface area contributed by atoms with Crippen molar-refractivity contribution in [2.45, 2.75) is 50.3 Å². The lowest BCUT2D eigenvalue weighted by atomic mass is 9.87. The molecule has 4 N–H and O–H groups in total. The maximum Gasteiger partial charge on any atom is 0.573 e. The van der Waals surface area contributed by atoms with Crippen molar-refractivity contribution in [2.24, 2.45) is 21.5 Å². The Bertz CT molecular complexity index is 811. The molecule has 2 aliphatic rings. The lowest BCUT2D eigenvalue weighted by Crippen LogP contribution is -2.58. The van der Waals surface area contributed by atoms with Crippen molar-refractivity contribution in [3.63, 3.8) is 0 Å². The third kappa shape index (κ3) is 3.94. The summed E-state index contributed by atoms with van der Waals surface area (Å²) in [4.78, 5) is 9.14. The van der Waals surface area contributed by atoms with Gasteiger partial charge in [0, 0.05) is 0 Å². The van der Waals surface area contributed by atoms with E-state index in [0.29, 0.717) is 25.7 Å². The number of nitrogens with two attached hydrogens (primary N) is 2. The van der Waals surface area contributed by atoms with Crippen molar-refractivity contribution < 1.29 is 31.1 Å². The maximum atomic E-state index is 13.7. The van der Waals surface area contributed by atoms with Crippen LogP contribution < -0.4 is 21.1 Å². The second kappa shape index (κ2) is 6.74. The molecule has 1 fully saturated rings. The lowest BCUT2D eigenvalue weighted by molar-refractivity contribution is -0.274. The van der Waals surface area contributed by atoms with E-state index in [2.05, 4.69) is 14.7 Å². The Morgan fingerprint density at radius 2 is 1.64 bits per heavy atom. The van der Waals surface area contributed by atoms with E-state index < -0.39 is 35.2 Å². The molecule has 0 atom stereocenters. The van der Waals surface area contributed by atoms with Gasteiger partial charge >= 0.3 is 12.5 Å². The topological polar surface area (TPSA) is 89.2 Å². The lowest BCUT2D eigenvalue weighted by Gasteiger charge is -2.46. The summed E-state index contributed by atoms with van der Waals surface area (Å²) in [7, 11) is 0. The summed E-state index contributed by atoms with van der Waals surface area (Å²) in [5.41, 5.74) is 8.61. The summed E-state index contributed by atoms with van der Waals surface area (Å²) < 4.78 is 81.9. The third-order valence-electron chi connectivity index (χ3n) is 4.60. The minimum absolute atomic E-state index is 0.152. The Morgan fingerprint density at radius 1 is 1.00 bits per heavy atom. The van der Waals surface area contributed by atoms with Gasteiger partial charge in [-0.3, -0.25) is 4.90 Å². The first-order valence-electron chi connectivity index (χ1n) is 8.38. The standard InChI is InChI=1S/C16H17F6N5O/c17-15(18,19)10-8-9(28-16(20,21)22)4-5-11(10)27-13(24)25-12(23)26-14(27)6-2-1-3-7-14/h4-5,8H,1-3,6-7H2,(H4,23,24,25,26). The van der Waals surface area contributed by atoms with Gasteiger partial charge in [0.15, 0.2) is 0 Å². The molecule has 12 heteroatoms. The first-order chi connectivity index (χ1) is 12.9. The molecule has 0 amide bonds. The highest BCUT2D eigenvalue weighted by Crippen LogP contribution is 2.45. The normalized spacial score (nSPS) is 20.0. The molecule has 28 heavy (non-hydrogen) atoms. The monoisotopic (exact) mass is 409 g/mol. The third-order valence-corrected chi connectivity index (χ3v) is 4.60. The SMILES string of the molecule is NC1=NC2(CCCCC2)N(c2ccc(OC(F)(F)F)cc2C(F)(F)F)C(N)=N1. The van der Waals surface area contributed by atoms with Crippen LogP contribution in [0.1, 0.15) is 37.7 Å². The minimum Gasteiger partial charge on any atom is -0.406 e. The van der Waals surface area contributed by atoms with E-state index in [1.165, 1.54) is 0 Å². The van der Waals surface area contributed by atoms with E-state index in [1.807, 2.05) is 0 Å². The van der Waals surface area contributed by atoms with Crippen LogP contribution in [0, 0.1) is 0 Å². The second-order valence-electron chi connectivity index (χ2n) is 6.54. The summed E-state index contributed by atoms with van der Waals surface area (Å²) in [5, 5.41) is 0. The first kappa shape index (κ1) is 20.1. The summed E-state index contributed by atoms with van der Waals surface area (Å²) in [5.74, 6) is -1.44. The number of anilines is 1. The molecule has 0 saturated heterocycles. The second-order valence-corrected chi connectivity index (χ2v) is 6.54. The highest BCUT2D eigenvalue weighted by Gasteiger charge is 2.46. The number of halogens is 6. The molecule has 1 aliphatic heterocycles. The molecular weight excluding hydrogens is 392 g/mol. The number of aliphatic imine (C=N–C) groups is 2.